The summed E-state index contributed by atoms with van der Waals surface area (Å²) in [5.41, 5.74) is 5.21. The lowest BCUT2D eigenvalue weighted by Gasteiger charge is -2.10. The number of fused-ring (bicyclic) bond motifs is 1. The van der Waals surface area contributed by atoms with Crippen LogP contribution in [0.2, 0.25) is 0 Å². The van der Waals surface area contributed by atoms with E-state index in [0.717, 1.165) is 30.6 Å². The van der Waals surface area contributed by atoms with Crippen LogP contribution in [0, 0.1) is 20.8 Å². The van der Waals surface area contributed by atoms with Crippen LogP contribution in [0.5, 0.6) is 0 Å². The average molecular weight is 271 g/mol. The number of H-pyrrole nitrogens is 1. The van der Waals surface area contributed by atoms with E-state index < -0.39 is 0 Å². The van der Waals surface area contributed by atoms with Crippen LogP contribution in [-0.4, -0.2) is 30.0 Å². The molecule has 0 unspecified atom stereocenters. The standard InChI is InChI=1S/C16H21N3O/c1-9-4-5-10(2)14-13(9)11(3)15(19-14)16(20)18-12-6-7-17-8-12/h4-5,12,17,19H,6-8H2,1-3H3,(H,18,20)/t12-/m0/s1. The monoisotopic (exact) mass is 271 g/mol. The van der Waals surface area contributed by atoms with Crippen LogP contribution in [-0.2, 0) is 0 Å². The van der Waals surface area contributed by atoms with E-state index in [9.17, 15) is 4.79 Å². The Kier molecular flexibility index (Phi) is 3.26. The highest BCUT2D eigenvalue weighted by Gasteiger charge is 2.21. The maximum Gasteiger partial charge on any atom is 0.268 e. The van der Waals surface area contributed by atoms with Crippen molar-refractivity contribution in [1.29, 1.82) is 0 Å². The first-order valence-corrected chi connectivity index (χ1v) is 7.18. The summed E-state index contributed by atoms with van der Waals surface area (Å²) in [6, 6.07) is 4.45. The molecular weight excluding hydrogens is 250 g/mol. The number of carbonyl (C=O) groups excluding carboxylic acids is 1. The van der Waals surface area contributed by atoms with Crippen LogP contribution in [0.25, 0.3) is 10.9 Å². The van der Waals surface area contributed by atoms with E-state index in [4.69, 9.17) is 0 Å². The van der Waals surface area contributed by atoms with Crippen LogP contribution in [0.4, 0.5) is 0 Å². The summed E-state index contributed by atoms with van der Waals surface area (Å²) in [5.74, 6) is 0.00574. The first-order chi connectivity index (χ1) is 9.58. The SMILES string of the molecule is Cc1ccc(C)c2c(C)c(C(=O)N[C@H]3CCNC3)[nH]c12. The molecule has 0 radical (unpaired) electrons. The van der Waals surface area contributed by atoms with Gasteiger partial charge in [0.15, 0.2) is 0 Å². The van der Waals surface area contributed by atoms with Gasteiger partial charge in [0.25, 0.3) is 5.91 Å². The summed E-state index contributed by atoms with van der Waals surface area (Å²) in [7, 11) is 0. The van der Waals surface area contributed by atoms with Gasteiger partial charge in [0.05, 0.1) is 0 Å². The number of hydrogen-bond donors (Lipinski definition) is 3. The smallest absolute Gasteiger partial charge is 0.268 e. The number of nitrogens with one attached hydrogen (secondary N) is 3. The first-order valence-electron chi connectivity index (χ1n) is 7.18. The minimum atomic E-state index is 0.00574. The molecule has 0 spiro atoms. The third-order valence-electron chi connectivity index (χ3n) is 4.24. The van der Waals surface area contributed by atoms with Crippen LogP contribution in [0.15, 0.2) is 12.1 Å². The lowest BCUT2D eigenvalue weighted by molar-refractivity contribution is 0.0935. The lowest BCUT2D eigenvalue weighted by atomic mass is 10.0. The third-order valence-corrected chi connectivity index (χ3v) is 4.24. The molecule has 1 amide bonds. The van der Waals surface area contributed by atoms with E-state index in [1.807, 2.05) is 6.92 Å². The van der Waals surface area contributed by atoms with Gasteiger partial charge in [0.2, 0.25) is 0 Å². The number of benzene rings is 1. The topological polar surface area (TPSA) is 56.9 Å². The maximum absolute atomic E-state index is 12.4. The average Bonchev–Trinajstić information content (AvgIpc) is 3.02. The highest BCUT2D eigenvalue weighted by atomic mass is 16.2. The molecule has 1 fully saturated rings. The van der Waals surface area contributed by atoms with Crippen molar-refractivity contribution in [2.45, 2.75) is 33.2 Å². The second-order valence-electron chi connectivity index (χ2n) is 5.74. The second kappa shape index (κ2) is 4.94. The molecule has 1 aromatic heterocycles. The molecule has 0 aliphatic carbocycles. The third kappa shape index (κ3) is 2.10. The molecule has 20 heavy (non-hydrogen) atoms. The van der Waals surface area contributed by atoms with E-state index >= 15 is 0 Å². The Morgan fingerprint density at radius 1 is 1.25 bits per heavy atom. The Morgan fingerprint density at radius 2 is 2.00 bits per heavy atom. The van der Waals surface area contributed by atoms with E-state index in [0.29, 0.717) is 5.69 Å². The molecule has 4 nitrogen and oxygen atoms in total. The van der Waals surface area contributed by atoms with Gasteiger partial charge in [-0.2, -0.15) is 0 Å². The Hall–Kier alpha value is -1.81. The Morgan fingerprint density at radius 3 is 2.65 bits per heavy atom. The van der Waals surface area contributed by atoms with Crippen LogP contribution < -0.4 is 10.6 Å². The van der Waals surface area contributed by atoms with E-state index in [1.165, 1.54) is 16.5 Å². The Bertz CT molecular complexity index is 666. The van der Waals surface area contributed by atoms with Crippen molar-refractivity contribution in [3.63, 3.8) is 0 Å². The number of amides is 1. The molecule has 0 saturated carbocycles. The van der Waals surface area contributed by atoms with Crippen LogP contribution >= 0.6 is 0 Å². The van der Waals surface area contributed by atoms with Gasteiger partial charge in [-0.1, -0.05) is 12.1 Å². The largest absolute Gasteiger partial charge is 0.350 e. The van der Waals surface area contributed by atoms with Gasteiger partial charge in [-0.3, -0.25) is 4.79 Å². The fourth-order valence-electron chi connectivity index (χ4n) is 3.06. The molecule has 3 N–H and O–H groups in total. The van der Waals surface area contributed by atoms with E-state index in [-0.39, 0.29) is 11.9 Å². The summed E-state index contributed by atoms with van der Waals surface area (Å²) in [6.45, 7) is 8.02. The zero-order valence-corrected chi connectivity index (χ0v) is 12.3. The van der Waals surface area contributed by atoms with Gasteiger partial charge >= 0.3 is 0 Å². The number of aryl methyl sites for hydroxylation is 3. The predicted molar refractivity (Wildman–Crippen MR) is 81.3 cm³/mol. The van der Waals surface area contributed by atoms with Crippen molar-refractivity contribution >= 4 is 16.8 Å². The molecule has 1 atom stereocenters. The Labute approximate surface area is 118 Å². The maximum atomic E-state index is 12.4. The number of hydrogen-bond acceptors (Lipinski definition) is 2. The minimum absolute atomic E-state index is 0.00574. The quantitative estimate of drug-likeness (QED) is 0.784. The van der Waals surface area contributed by atoms with Crippen molar-refractivity contribution in [2.75, 3.05) is 13.1 Å². The van der Waals surface area contributed by atoms with Crippen molar-refractivity contribution in [3.05, 3.63) is 34.5 Å². The van der Waals surface area contributed by atoms with E-state index in [2.05, 4.69) is 41.6 Å². The molecule has 0 bridgehead atoms. The molecule has 1 aliphatic heterocycles. The zero-order chi connectivity index (χ0) is 14.3. The highest BCUT2D eigenvalue weighted by Crippen LogP contribution is 2.27. The molecule has 4 heteroatoms. The highest BCUT2D eigenvalue weighted by molar-refractivity contribution is 6.02. The lowest BCUT2D eigenvalue weighted by Crippen LogP contribution is -2.36. The summed E-state index contributed by atoms with van der Waals surface area (Å²) in [5, 5.41) is 7.55. The predicted octanol–water partition coefficient (Wildman–Crippen LogP) is 2.18. The van der Waals surface area contributed by atoms with Crippen LogP contribution in [0.1, 0.15) is 33.6 Å². The summed E-state index contributed by atoms with van der Waals surface area (Å²) >= 11 is 0. The fraction of sp³-hybridized carbons (Fsp3) is 0.438. The zero-order valence-electron chi connectivity index (χ0n) is 12.3. The first kappa shape index (κ1) is 13.2. The van der Waals surface area contributed by atoms with Gasteiger partial charge < -0.3 is 15.6 Å². The minimum Gasteiger partial charge on any atom is -0.350 e. The molecular formula is C16H21N3O. The number of aromatic amines is 1. The molecule has 2 aromatic rings. The van der Waals surface area contributed by atoms with Crippen molar-refractivity contribution < 1.29 is 4.79 Å². The molecule has 1 aliphatic rings. The summed E-state index contributed by atoms with van der Waals surface area (Å²) in [4.78, 5) is 15.8. The number of aromatic nitrogens is 1. The molecule has 106 valence electrons. The fourth-order valence-corrected chi connectivity index (χ4v) is 3.06. The summed E-state index contributed by atoms with van der Waals surface area (Å²) in [6.07, 6.45) is 1.00. The second-order valence-corrected chi connectivity index (χ2v) is 5.74. The van der Waals surface area contributed by atoms with Gasteiger partial charge in [0.1, 0.15) is 5.69 Å². The Balaban J connectivity index is 1.99. The molecule has 1 aromatic carbocycles. The molecule has 3 rings (SSSR count). The van der Waals surface area contributed by atoms with E-state index in [1.54, 1.807) is 0 Å². The van der Waals surface area contributed by atoms with Gasteiger partial charge in [0, 0.05) is 23.5 Å². The van der Waals surface area contributed by atoms with Gasteiger partial charge in [-0.15, -0.1) is 0 Å². The van der Waals surface area contributed by atoms with Crippen molar-refractivity contribution in [1.82, 2.24) is 15.6 Å². The van der Waals surface area contributed by atoms with Crippen LogP contribution in [0.3, 0.4) is 0 Å². The van der Waals surface area contributed by atoms with Gasteiger partial charge in [-0.25, -0.2) is 0 Å². The normalized spacial score (nSPS) is 18.6. The van der Waals surface area contributed by atoms with Crippen molar-refractivity contribution in [2.24, 2.45) is 0 Å². The molecule has 1 saturated heterocycles. The van der Waals surface area contributed by atoms with Crippen molar-refractivity contribution in [3.8, 4) is 0 Å². The molecule has 2 heterocycles. The van der Waals surface area contributed by atoms with Gasteiger partial charge in [-0.05, 0) is 50.4 Å². The summed E-state index contributed by atoms with van der Waals surface area (Å²) < 4.78 is 0. The number of carbonyl (C=O) groups is 1. The number of rotatable bonds is 2.